The molecule has 0 unspecified atom stereocenters. The van der Waals surface area contributed by atoms with Crippen molar-refractivity contribution in [2.24, 2.45) is 0 Å². The fourth-order valence-corrected chi connectivity index (χ4v) is 1.88. The van der Waals surface area contributed by atoms with E-state index in [2.05, 4.69) is 32.0 Å². The largest absolute Gasteiger partial charge is 0.395 e. The van der Waals surface area contributed by atoms with Crippen LogP contribution in [0.25, 0.3) is 0 Å². The molecular weight excluding hydrogens is 276 g/mol. The fourth-order valence-electron chi connectivity index (χ4n) is 1.51. The van der Waals surface area contributed by atoms with Crippen LogP contribution in [0.5, 0.6) is 0 Å². The molecule has 0 aliphatic carbocycles. The summed E-state index contributed by atoms with van der Waals surface area (Å²) in [5.41, 5.74) is 2.03. The SMILES string of the molecule is Cc1ccc(C#CCCO)c(C(=O)Nc2nnns2)c1. The molecule has 0 saturated carbocycles. The smallest absolute Gasteiger partial charge is 0.258 e. The number of anilines is 1. The van der Waals surface area contributed by atoms with E-state index in [0.717, 1.165) is 17.1 Å². The Hall–Kier alpha value is -2.30. The zero-order valence-corrected chi connectivity index (χ0v) is 11.6. The number of hydrogen-bond acceptors (Lipinski definition) is 6. The van der Waals surface area contributed by atoms with Gasteiger partial charge in [0.1, 0.15) is 0 Å². The van der Waals surface area contributed by atoms with Crippen molar-refractivity contribution in [3.05, 3.63) is 34.9 Å². The van der Waals surface area contributed by atoms with E-state index in [1.165, 1.54) is 0 Å². The maximum atomic E-state index is 12.2. The molecule has 2 rings (SSSR count). The van der Waals surface area contributed by atoms with Crippen LogP contribution in [0.4, 0.5) is 5.13 Å². The minimum atomic E-state index is -0.305. The molecule has 1 aromatic heterocycles. The highest BCUT2D eigenvalue weighted by Gasteiger charge is 2.12. The normalized spacial score (nSPS) is 9.70. The molecule has 20 heavy (non-hydrogen) atoms. The summed E-state index contributed by atoms with van der Waals surface area (Å²) in [6.45, 7) is 1.89. The van der Waals surface area contributed by atoms with Crippen molar-refractivity contribution < 1.29 is 9.90 Å². The van der Waals surface area contributed by atoms with Gasteiger partial charge in [-0.05, 0) is 24.3 Å². The average Bonchev–Trinajstić information content (AvgIpc) is 2.93. The Kier molecular flexibility index (Phi) is 4.76. The summed E-state index contributed by atoms with van der Waals surface area (Å²) in [5.74, 6) is 5.39. The van der Waals surface area contributed by atoms with Crippen molar-refractivity contribution in [2.45, 2.75) is 13.3 Å². The van der Waals surface area contributed by atoms with Gasteiger partial charge in [0.2, 0.25) is 5.13 Å². The van der Waals surface area contributed by atoms with Gasteiger partial charge >= 0.3 is 0 Å². The van der Waals surface area contributed by atoms with E-state index in [9.17, 15) is 4.79 Å². The van der Waals surface area contributed by atoms with Crippen LogP contribution in [-0.4, -0.2) is 32.4 Å². The van der Waals surface area contributed by atoms with Gasteiger partial charge in [0.15, 0.2) is 0 Å². The first-order valence-electron chi connectivity index (χ1n) is 5.87. The monoisotopic (exact) mass is 288 g/mol. The lowest BCUT2D eigenvalue weighted by Crippen LogP contribution is -2.13. The summed E-state index contributed by atoms with van der Waals surface area (Å²) < 4.78 is 3.58. The summed E-state index contributed by atoms with van der Waals surface area (Å²) in [4.78, 5) is 12.2. The Labute approximate surface area is 120 Å². The summed E-state index contributed by atoms with van der Waals surface area (Å²) in [7, 11) is 0. The summed E-state index contributed by atoms with van der Waals surface area (Å²) in [6.07, 6.45) is 0.370. The standard InChI is InChI=1S/C13H12N4O2S/c1-9-5-6-10(4-2-3-7-18)11(8-9)12(19)14-13-15-16-17-20-13/h5-6,8,18H,3,7H2,1H3,(H,14,15,17,19). The number of nitrogens with zero attached hydrogens (tertiary/aromatic N) is 3. The number of aliphatic hydroxyl groups is 1. The molecule has 0 fully saturated rings. The van der Waals surface area contributed by atoms with Crippen LogP contribution in [0.15, 0.2) is 18.2 Å². The van der Waals surface area contributed by atoms with E-state index in [1.807, 2.05) is 13.0 Å². The number of carbonyl (C=O) groups is 1. The van der Waals surface area contributed by atoms with Crippen LogP contribution in [0.2, 0.25) is 0 Å². The molecule has 2 aromatic rings. The number of benzene rings is 1. The maximum Gasteiger partial charge on any atom is 0.258 e. The predicted molar refractivity (Wildman–Crippen MR) is 75.4 cm³/mol. The number of nitrogens with one attached hydrogen (secondary N) is 1. The van der Waals surface area contributed by atoms with Crippen molar-refractivity contribution in [3.8, 4) is 11.8 Å². The number of aliphatic hydroxyl groups excluding tert-OH is 1. The molecule has 0 radical (unpaired) electrons. The van der Waals surface area contributed by atoms with E-state index in [0.29, 0.717) is 22.7 Å². The Morgan fingerprint density at radius 1 is 1.50 bits per heavy atom. The molecule has 102 valence electrons. The molecule has 0 atom stereocenters. The van der Waals surface area contributed by atoms with Gasteiger partial charge in [0.05, 0.1) is 12.2 Å². The zero-order chi connectivity index (χ0) is 14.4. The second-order valence-electron chi connectivity index (χ2n) is 3.95. The van der Waals surface area contributed by atoms with Gasteiger partial charge in [-0.2, -0.15) is 0 Å². The minimum absolute atomic E-state index is 0.00313. The fraction of sp³-hybridized carbons (Fsp3) is 0.231. The topological polar surface area (TPSA) is 88.0 Å². The second kappa shape index (κ2) is 6.75. The molecule has 2 N–H and O–H groups in total. The van der Waals surface area contributed by atoms with Gasteiger partial charge in [-0.25, -0.2) is 0 Å². The lowest BCUT2D eigenvalue weighted by Gasteiger charge is -2.05. The number of aromatic nitrogens is 3. The molecule has 0 aliphatic rings. The van der Waals surface area contributed by atoms with Crippen LogP contribution in [0, 0.1) is 18.8 Å². The van der Waals surface area contributed by atoms with Crippen LogP contribution < -0.4 is 5.32 Å². The molecular formula is C13H12N4O2S. The first-order chi connectivity index (χ1) is 9.70. The first kappa shape index (κ1) is 14.1. The Balaban J connectivity index is 2.27. The first-order valence-corrected chi connectivity index (χ1v) is 6.65. The highest BCUT2D eigenvalue weighted by Crippen LogP contribution is 2.14. The molecule has 0 saturated heterocycles. The van der Waals surface area contributed by atoms with Gasteiger partial charge in [-0.15, -0.1) is 0 Å². The van der Waals surface area contributed by atoms with Gasteiger partial charge in [0, 0.05) is 23.5 Å². The molecule has 6 nitrogen and oxygen atoms in total. The lowest BCUT2D eigenvalue weighted by molar-refractivity contribution is 0.102. The second-order valence-corrected chi connectivity index (χ2v) is 4.68. The Morgan fingerprint density at radius 2 is 2.35 bits per heavy atom. The molecule has 1 aromatic carbocycles. The van der Waals surface area contributed by atoms with E-state index in [1.54, 1.807) is 12.1 Å². The summed E-state index contributed by atoms with van der Waals surface area (Å²) >= 11 is 1.00. The molecule has 1 heterocycles. The van der Waals surface area contributed by atoms with E-state index < -0.39 is 0 Å². The number of carbonyl (C=O) groups excluding carboxylic acids is 1. The summed E-state index contributed by atoms with van der Waals surface area (Å²) in [6, 6.07) is 5.42. The summed E-state index contributed by atoms with van der Waals surface area (Å²) in [5, 5.41) is 18.8. The highest BCUT2D eigenvalue weighted by molar-refractivity contribution is 7.09. The van der Waals surface area contributed by atoms with Crippen molar-refractivity contribution in [3.63, 3.8) is 0 Å². The Morgan fingerprint density at radius 3 is 3.05 bits per heavy atom. The van der Waals surface area contributed by atoms with E-state index >= 15 is 0 Å². The van der Waals surface area contributed by atoms with Crippen molar-refractivity contribution in [1.82, 2.24) is 14.8 Å². The van der Waals surface area contributed by atoms with Gasteiger partial charge < -0.3 is 5.11 Å². The van der Waals surface area contributed by atoms with Crippen molar-refractivity contribution >= 4 is 22.6 Å². The van der Waals surface area contributed by atoms with Crippen LogP contribution in [-0.2, 0) is 0 Å². The highest BCUT2D eigenvalue weighted by atomic mass is 32.1. The third-order valence-electron chi connectivity index (χ3n) is 2.40. The van der Waals surface area contributed by atoms with Crippen molar-refractivity contribution in [2.75, 3.05) is 11.9 Å². The van der Waals surface area contributed by atoms with Gasteiger partial charge in [-0.1, -0.05) is 33.1 Å². The van der Waals surface area contributed by atoms with E-state index in [-0.39, 0.29) is 12.5 Å². The number of hydrogen-bond donors (Lipinski definition) is 2. The molecule has 7 heteroatoms. The maximum absolute atomic E-state index is 12.2. The Bertz CT molecular complexity index is 659. The lowest BCUT2D eigenvalue weighted by atomic mass is 10.0. The average molecular weight is 288 g/mol. The van der Waals surface area contributed by atoms with Gasteiger partial charge in [0.25, 0.3) is 5.91 Å². The van der Waals surface area contributed by atoms with Crippen LogP contribution >= 0.6 is 11.5 Å². The number of rotatable bonds is 3. The number of aryl methyl sites for hydroxylation is 1. The molecule has 0 spiro atoms. The predicted octanol–water partition coefficient (Wildman–Crippen LogP) is 1.23. The van der Waals surface area contributed by atoms with Crippen LogP contribution in [0.3, 0.4) is 0 Å². The third kappa shape index (κ3) is 3.60. The number of amides is 1. The minimum Gasteiger partial charge on any atom is -0.395 e. The third-order valence-corrected chi connectivity index (χ3v) is 2.91. The quantitative estimate of drug-likeness (QED) is 0.829. The van der Waals surface area contributed by atoms with Gasteiger partial charge in [-0.3, -0.25) is 10.1 Å². The van der Waals surface area contributed by atoms with Crippen LogP contribution in [0.1, 0.15) is 27.9 Å². The van der Waals surface area contributed by atoms with E-state index in [4.69, 9.17) is 5.11 Å². The molecule has 0 bridgehead atoms. The zero-order valence-electron chi connectivity index (χ0n) is 10.8. The molecule has 0 aliphatic heterocycles. The molecule has 1 amide bonds. The van der Waals surface area contributed by atoms with Crippen molar-refractivity contribution in [1.29, 1.82) is 0 Å².